The van der Waals surface area contributed by atoms with E-state index in [4.69, 9.17) is 5.84 Å². The number of rotatable bonds is 3. The standard InChI is InChI=1S/C12H19N5O/c1-17-7-4-9(5-8-17)15-12(18)10-3-2-6-14-11(10)16-13/h2-3,6,9H,4-5,7-8,13H2,1H3,(H,14,16)(H,15,18). The summed E-state index contributed by atoms with van der Waals surface area (Å²) < 4.78 is 0. The molecule has 1 amide bonds. The Balaban J connectivity index is 1.99. The van der Waals surface area contributed by atoms with E-state index in [1.54, 1.807) is 18.3 Å². The van der Waals surface area contributed by atoms with Gasteiger partial charge in [-0.15, -0.1) is 0 Å². The fourth-order valence-corrected chi connectivity index (χ4v) is 2.12. The molecule has 2 heterocycles. The first-order chi connectivity index (χ1) is 8.70. The van der Waals surface area contributed by atoms with E-state index in [0.717, 1.165) is 25.9 Å². The van der Waals surface area contributed by atoms with Crippen LogP contribution < -0.4 is 16.6 Å². The first kappa shape index (κ1) is 12.8. The third kappa shape index (κ3) is 2.96. The number of aromatic nitrogens is 1. The van der Waals surface area contributed by atoms with Gasteiger partial charge in [-0.2, -0.15) is 0 Å². The molecule has 0 radical (unpaired) electrons. The van der Waals surface area contributed by atoms with E-state index in [2.05, 4.69) is 27.7 Å². The molecule has 1 aliphatic rings. The molecule has 6 nitrogen and oxygen atoms in total. The number of likely N-dealkylation sites (tertiary alicyclic amines) is 1. The zero-order chi connectivity index (χ0) is 13.0. The predicted octanol–water partition coefficient (Wildman–Crippen LogP) is 0.191. The van der Waals surface area contributed by atoms with Crippen molar-refractivity contribution in [2.75, 3.05) is 25.6 Å². The Morgan fingerprint density at radius 2 is 2.22 bits per heavy atom. The molecule has 1 saturated heterocycles. The fraction of sp³-hybridized carbons (Fsp3) is 0.500. The lowest BCUT2D eigenvalue weighted by atomic mass is 10.1. The fourth-order valence-electron chi connectivity index (χ4n) is 2.12. The number of amides is 1. The van der Waals surface area contributed by atoms with Gasteiger partial charge in [0.05, 0.1) is 5.56 Å². The second kappa shape index (κ2) is 5.79. The highest BCUT2D eigenvalue weighted by atomic mass is 16.1. The van der Waals surface area contributed by atoms with Crippen LogP contribution in [0.5, 0.6) is 0 Å². The van der Waals surface area contributed by atoms with Crippen molar-refractivity contribution >= 4 is 11.7 Å². The van der Waals surface area contributed by atoms with Gasteiger partial charge >= 0.3 is 0 Å². The van der Waals surface area contributed by atoms with Crippen LogP contribution in [0, 0.1) is 0 Å². The average molecular weight is 249 g/mol. The maximum atomic E-state index is 12.1. The van der Waals surface area contributed by atoms with Crippen molar-refractivity contribution < 1.29 is 4.79 Å². The van der Waals surface area contributed by atoms with Crippen LogP contribution in [0.4, 0.5) is 5.82 Å². The molecule has 1 fully saturated rings. The largest absolute Gasteiger partial charge is 0.349 e. The van der Waals surface area contributed by atoms with Crippen molar-refractivity contribution in [3.63, 3.8) is 0 Å². The summed E-state index contributed by atoms with van der Waals surface area (Å²) in [5, 5.41) is 3.03. The number of nitrogens with one attached hydrogen (secondary N) is 2. The first-order valence-electron chi connectivity index (χ1n) is 6.11. The SMILES string of the molecule is CN1CCC(NC(=O)c2cccnc2NN)CC1. The first-order valence-corrected chi connectivity index (χ1v) is 6.11. The number of pyridine rings is 1. The van der Waals surface area contributed by atoms with E-state index in [0.29, 0.717) is 11.4 Å². The van der Waals surface area contributed by atoms with Gasteiger partial charge in [0.2, 0.25) is 0 Å². The molecule has 0 unspecified atom stereocenters. The van der Waals surface area contributed by atoms with E-state index in [-0.39, 0.29) is 11.9 Å². The van der Waals surface area contributed by atoms with Crippen molar-refractivity contribution in [3.8, 4) is 0 Å². The number of hydrazine groups is 1. The molecule has 0 aromatic carbocycles. The zero-order valence-electron chi connectivity index (χ0n) is 10.5. The van der Waals surface area contributed by atoms with Crippen LogP contribution >= 0.6 is 0 Å². The lowest BCUT2D eigenvalue weighted by molar-refractivity contribution is 0.0917. The van der Waals surface area contributed by atoms with Gasteiger partial charge in [-0.3, -0.25) is 4.79 Å². The quantitative estimate of drug-likeness (QED) is 0.526. The number of hydrogen-bond acceptors (Lipinski definition) is 5. The Bertz CT molecular complexity index is 415. The van der Waals surface area contributed by atoms with E-state index in [9.17, 15) is 4.79 Å². The molecule has 98 valence electrons. The minimum Gasteiger partial charge on any atom is -0.349 e. The van der Waals surface area contributed by atoms with Gasteiger partial charge < -0.3 is 15.6 Å². The smallest absolute Gasteiger partial charge is 0.255 e. The number of anilines is 1. The molecular formula is C12H19N5O. The monoisotopic (exact) mass is 249 g/mol. The van der Waals surface area contributed by atoms with E-state index >= 15 is 0 Å². The Labute approximate surface area is 107 Å². The van der Waals surface area contributed by atoms with Crippen molar-refractivity contribution in [1.82, 2.24) is 15.2 Å². The van der Waals surface area contributed by atoms with Crippen LogP contribution in [0.3, 0.4) is 0 Å². The van der Waals surface area contributed by atoms with Crippen molar-refractivity contribution in [3.05, 3.63) is 23.9 Å². The highest BCUT2D eigenvalue weighted by Crippen LogP contribution is 2.13. The van der Waals surface area contributed by atoms with Crippen molar-refractivity contribution in [2.24, 2.45) is 5.84 Å². The summed E-state index contributed by atoms with van der Waals surface area (Å²) in [5.74, 6) is 5.63. The summed E-state index contributed by atoms with van der Waals surface area (Å²) >= 11 is 0. The van der Waals surface area contributed by atoms with Gasteiger partial charge in [-0.25, -0.2) is 10.8 Å². The Hall–Kier alpha value is -1.66. The number of nitrogens with zero attached hydrogens (tertiary/aromatic N) is 2. The van der Waals surface area contributed by atoms with Gasteiger partial charge in [0, 0.05) is 12.2 Å². The minimum atomic E-state index is -0.120. The molecule has 1 aliphatic heterocycles. The van der Waals surface area contributed by atoms with Gasteiger partial charge in [-0.05, 0) is 45.1 Å². The molecule has 0 aliphatic carbocycles. The zero-order valence-corrected chi connectivity index (χ0v) is 10.5. The summed E-state index contributed by atoms with van der Waals surface area (Å²) in [5.41, 5.74) is 2.93. The number of hydrogen-bond donors (Lipinski definition) is 3. The van der Waals surface area contributed by atoms with E-state index in [1.807, 2.05) is 0 Å². The molecule has 1 aromatic heterocycles. The molecule has 4 N–H and O–H groups in total. The molecular weight excluding hydrogens is 230 g/mol. The number of nitrogens with two attached hydrogens (primary N) is 1. The van der Waals surface area contributed by atoms with Crippen LogP contribution in [0.2, 0.25) is 0 Å². The van der Waals surface area contributed by atoms with Gasteiger partial charge in [0.15, 0.2) is 5.82 Å². The molecule has 6 heteroatoms. The van der Waals surface area contributed by atoms with E-state index in [1.165, 1.54) is 0 Å². The summed E-state index contributed by atoms with van der Waals surface area (Å²) in [6.45, 7) is 2.03. The maximum Gasteiger partial charge on any atom is 0.255 e. The van der Waals surface area contributed by atoms with E-state index < -0.39 is 0 Å². The molecule has 18 heavy (non-hydrogen) atoms. The van der Waals surface area contributed by atoms with Crippen molar-refractivity contribution in [2.45, 2.75) is 18.9 Å². The third-order valence-electron chi connectivity index (χ3n) is 3.24. The molecule has 0 atom stereocenters. The van der Waals surface area contributed by atoms with Crippen LogP contribution in [0.1, 0.15) is 23.2 Å². The third-order valence-corrected chi connectivity index (χ3v) is 3.24. The summed E-state index contributed by atoms with van der Waals surface area (Å²) in [7, 11) is 2.09. The second-order valence-corrected chi connectivity index (χ2v) is 4.59. The molecule has 0 saturated carbocycles. The highest BCUT2D eigenvalue weighted by molar-refractivity contribution is 5.98. The normalized spacial score (nSPS) is 17.4. The van der Waals surface area contributed by atoms with Crippen molar-refractivity contribution in [1.29, 1.82) is 0 Å². The molecule has 2 rings (SSSR count). The Morgan fingerprint density at radius 3 is 2.89 bits per heavy atom. The average Bonchev–Trinajstić information content (AvgIpc) is 2.41. The van der Waals surface area contributed by atoms with Crippen LogP contribution in [0.15, 0.2) is 18.3 Å². The Morgan fingerprint density at radius 1 is 1.50 bits per heavy atom. The van der Waals surface area contributed by atoms with Crippen LogP contribution in [0.25, 0.3) is 0 Å². The number of nitrogen functional groups attached to an aromatic ring is 1. The molecule has 0 bridgehead atoms. The second-order valence-electron chi connectivity index (χ2n) is 4.59. The van der Waals surface area contributed by atoms with Gasteiger partial charge in [0.25, 0.3) is 5.91 Å². The lowest BCUT2D eigenvalue weighted by Gasteiger charge is -2.29. The van der Waals surface area contributed by atoms with Gasteiger partial charge in [-0.1, -0.05) is 0 Å². The lowest BCUT2D eigenvalue weighted by Crippen LogP contribution is -2.43. The number of carbonyl (C=O) groups is 1. The Kier molecular flexibility index (Phi) is 4.11. The summed E-state index contributed by atoms with van der Waals surface area (Å²) in [6, 6.07) is 3.68. The molecule has 0 spiro atoms. The number of carbonyl (C=O) groups excluding carboxylic acids is 1. The highest BCUT2D eigenvalue weighted by Gasteiger charge is 2.20. The minimum absolute atomic E-state index is 0.120. The number of piperidine rings is 1. The topological polar surface area (TPSA) is 83.3 Å². The van der Waals surface area contributed by atoms with Crippen LogP contribution in [-0.4, -0.2) is 42.0 Å². The molecule has 1 aromatic rings. The maximum absolute atomic E-state index is 12.1. The van der Waals surface area contributed by atoms with Crippen LogP contribution in [-0.2, 0) is 0 Å². The van der Waals surface area contributed by atoms with Gasteiger partial charge in [0.1, 0.15) is 0 Å². The predicted molar refractivity (Wildman–Crippen MR) is 70.0 cm³/mol. The summed E-state index contributed by atoms with van der Waals surface area (Å²) in [6.07, 6.45) is 3.56. The summed E-state index contributed by atoms with van der Waals surface area (Å²) in [4.78, 5) is 18.4.